The predicted octanol–water partition coefficient (Wildman–Crippen LogP) is 2.29. The van der Waals surface area contributed by atoms with E-state index < -0.39 is 0 Å². The molecule has 0 spiro atoms. The number of cyclic esters (lactones) is 1. The average molecular weight is 408 g/mol. The van der Waals surface area contributed by atoms with Crippen molar-refractivity contribution in [3.05, 3.63) is 52.8 Å². The van der Waals surface area contributed by atoms with Crippen LogP contribution in [0.5, 0.6) is 0 Å². The van der Waals surface area contributed by atoms with Crippen LogP contribution in [0.4, 0.5) is 10.5 Å². The number of fused-ring (bicyclic) bond motifs is 1. The summed E-state index contributed by atoms with van der Waals surface area (Å²) >= 11 is 0. The predicted molar refractivity (Wildman–Crippen MR) is 112 cm³/mol. The van der Waals surface area contributed by atoms with Gasteiger partial charge in [0.25, 0.3) is 5.91 Å². The molecule has 2 N–H and O–H groups in total. The Hall–Kier alpha value is -3.10. The van der Waals surface area contributed by atoms with Crippen molar-refractivity contribution < 1.29 is 19.1 Å². The Balaban J connectivity index is 1.35. The maximum absolute atomic E-state index is 12.6. The fourth-order valence-corrected chi connectivity index (χ4v) is 4.06. The van der Waals surface area contributed by atoms with Gasteiger partial charge in [0.1, 0.15) is 6.61 Å². The molecule has 5 rings (SSSR count). The van der Waals surface area contributed by atoms with E-state index in [2.05, 4.69) is 21.3 Å². The van der Waals surface area contributed by atoms with Gasteiger partial charge in [0.05, 0.1) is 25.3 Å². The van der Waals surface area contributed by atoms with E-state index in [4.69, 9.17) is 9.47 Å². The van der Waals surface area contributed by atoms with E-state index in [-0.39, 0.29) is 12.0 Å². The number of aromatic nitrogens is 1. The molecular weight excluding hydrogens is 384 g/mol. The highest BCUT2D eigenvalue weighted by atomic mass is 16.6. The van der Waals surface area contributed by atoms with Crippen LogP contribution in [0.2, 0.25) is 0 Å². The number of hydrogen-bond acceptors (Lipinski definition) is 5. The van der Waals surface area contributed by atoms with Crippen LogP contribution in [-0.4, -0.2) is 66.2 Å². The minimum Gasteiger partial charge on any atom is -0.448 e. The van der Waals surface area contributed by atoms with E-state index in [1.54, 1.807) is 4.90 Å². The SMILES string of the molecule is O=C1Nc2ccc(CN3CCOC3=O)cc2/C1=C\c1ccc(CN2CCOCC2)[nH]1. The highest BCUT2D eigenvalue weighted by molar-refractivity contribution is 6.34. The van der Waals surface area contributed by atoms with Gasteiger partial charge < -0.3 is 24.7 Å². The van der Waals surface area contributed by atoms with Gasteiger partial charge in [0.2, 0.25) is 0 Å². The lowest BCUT2D eigenvalue weighted by molar-refractivity contribution is -0.110. The first-order valence-electron chi connectivity index (χ1n) is 10.2. The van der Waals surface area contributed by atoms with Gasteiger partial charge in [0.15, 0.2) is 0 Å². The van der Waals surface area contributed by atoms with Crippen molar-refractivity contribution in [1.82, 2.24) is 14.8 Å². The normalized spacial score (nSPS) is 20.5. The number of anilines is 1. The number of aromatic amines is 1. The van der Waals surface area contributed by atoms with Crippen molar-refractivity contribution in [2.24, 2.45) is 0 Å². The molecule has 1 aromatic heterocycles. The quantitative estimate of drug-likeness (QED) is 0.742. The Morgan fingerprint density at radius 2 is 1.87 bits per heavy atom. The minimum atomic E-state index is -0.292. The first kappa shape index (κ1) is 18.9. The zero-order chi connectivity index (χ0) is 20.5. The number of H-pyrrole nitrogens is 1. The van der Waals surface area contributed by atoms with Crippen molar-refractivity contribution in [1.29, 1.82) is 0 Å². The molecule has 3 aliphatic rings. The van der Waals surface area contributed by atoms with Crippen molar-refractivity contribution in [2.45, 2.75) is 13.1 Å². The fourth-order valence-electron chi connectivity index (χ4n) is 4.06. The molecule has 8 heteroatoms. The summed E-state index contributed by atoms with van der Waals surface area (Å²) in [6.45, 7) is 5.72. The van der Waals surface area contributed by atoms with Crippen LogP contribution >= 0.6 is 0 Å². The molecule has 0 unspecified atom stereocenters. The van der Waals surface area contributed by atoms with Crippen LogP contribution < -0.4 is 5.32 Å². The molecule has 1 aromatic carbocycles. The Bertz CT molecular complexity index is 1010. The number of morpholine rings is 1. The van der Waals surface area contributed by atoms with Crippen molar-refractivity contribution in [2.75, 3.05) is 44.8 Å². The Morgan fingerprint density at radius 1 is 1.00 bits per heavy atom. The molecule has 4 heterocycles. The molecule has 2 fully saturated rings. The highest BCUT2D eigenvalue weighted by Crippen LogP contribution is 2.34. The maximum Gasteiger partial charge on any atom is 0.410 e. The summed E-state index contributed by atoms with van der Waals surface area (Å²) in [5.41, 5.74) is 5.24. The number of carbonyl (C=O) groups excluding carboxylic acids is 2. The number of ether oxygens (including phenoxy) is 2. The second-order valence-electron chi connectivity index (χ2n) is 7.76. The molecule has 2 aromatic rings. The van der Waals surface area contributed by atoms with Gasteiger partial charge in [-0.1, -0.05) is 6.07 Å². The zero-order valence-electron chi connectivity index (χ0n) is 16.6. The lowest BCUT2D eigenvalue weighted by atomic mass is 10.0. The van der Waals surface area contributed by atoms with Crippen LogP contribution in [0.15, 0.2) is 30.3 Å². The van der Waals surface area contributed by atoms with E-state index in [1.807, 2.05) is 30.3 Å². The zero-order valence-corrected chi connectivity index (χ0v) is 16.6. The molecular formula is C22H24N4O4. The molecule has 8 nitrogen and oxygen atoms in total. The van der Waals surface area contributed by atoms with Crippen molar-refractivity contribution in [3.63, 3.8) is 0 Å². The summed E-state index contributed by atoms with van der Waals surface area (Å²) in [7, 11) is 0. The summed E-state index contributed by atoms with van der Waals surface area (Å²) < 4.78 is 10.4. The molecule has 156 valence electrons. The number of benzene rings is 1. The molecule has 3 aliphatic heterocycles. The molecule has 0 aliphatic carbocycles. The lowest BCUT2D eigenvalue weighted by Crippen LogP contribution is -2.35. The number of nitrogens with zero attached hydrogens (tertiary/aromatic N) is 2. The summed E-state index contributed by atoms with van der Waals surface area (Å²) in [6.07, 6.45) is 1.59. The number of rotatable bonds is 5. The summed E-state index contributed by atoms with van der Waals surface area (Å²) in [4.78, 5) is 31.7. The van der Waals surface area contributed by atoms with Crippen LogP contribution in [0.3, 0.4) is 0 Å². The van der Waals surface area contributed by atoms with Gasteiger partial charge >= 0.3 is 6.09 Å². The number of nitrogens with one attached hydrogen (secondary N) is 2. The molecule has 0 radical (unpaired) electrons. The molecule has 0 saturated carbocycles. The third-order valence-electron chi connectivity index (χ3n) is 5.65. The van der Waals surface area contributed by atoms with E-state index in [1.165, 1.54) is 0 Å². The van der Waals surface area contributed by atoms with Gasteiger partial charge in [-0.2, -0.15) is 0 Å². The van der Waals surface area contributed by atoms with Crippen molar-refractivity contribution in [3.8, 4) is 0 Å². The van der Waals surface area contributed by atoms with Gasteiger partial charge in [-0.15, -0.1) is 0 Å². The van der Waals surface area contributed by atoms with Crippen LogP contribution in [-0.2, 0) is 27.4 Å². The Morgan fingerprint density at radius 3 is 2.67 bits per heavy atom. The molecule has 30 heavy (non-hydrogen) atoms. The van der Waals surface area contributed by atoms with Crippen molar-refractivity contribution >= 4 is 29.3 Å². The van der Waals surface area contributed by atoms with Gasteiger partial charge in [-0.3, -0.25) is 9.69 Å². The Labute approximate surface area is 174 Å². The van der Waals surface area contributed by atoms with Crippen LogP contribution in [0.1, 0.15) is 22.5 Å². The Kier molecular flexibility index (Phi) is 5.02. The van der Waals surface area contributed by atoms with E-state index >= 15 is 0 Å². The first-order valence-corrected chi connectivity index (χ1v) is 10.2. The van der Waals surface area contributed by atoms with E-state index in [9.17, 15) is 9.59 Å². The third-order valence-corrected chi connectivity index (χ3v) is 5.65. The number of carbonyl (C=O) groups is 2. The molecule has 2 saturated heterocycles. The lowest BCUT2D eigenvalue weighted by Gasteiger charge is -2.25. The highest BCUT2D eigenvalue weighted by Gasteiger charge is 2.26. The fraction of sp³-hybridized carbons (Fsp3) is 0.364. The summed E-state index contributed by atoms with van der Waals surface area (Å²) in [5, 5.41) is 2.92. The second-order valence-corrected chi connectivity index (χ2v) is 7.76. The molecule has 0 bridgehead atoms. The average Bonchev–Trinajstić information content (AvgIpc) is 3.44. The molecule has 2 amide bonds. The smallest absolute Gasteiger partial charge is 0.410 e. The van der Waals surface area contributed by atoms with Crippen LogP contribution in [0.25, 0.3) is 11.6 Å². The largest absolute Gasteiger partial charge is 0.448 e. The minimum absolute atomic E-state index is 0.118. The topological polar surface area (TPSA) is 86.9 Å². The van der Waals surface area contributed by atoms with Crippen LogP contribution in [0, 0.1) is 0 Å². The summed E-state index contributed by atoms with van der Waals surface area (Å²) in [5.74, 6) is -0.118. The van der Waals surface area contributed by atoms with E-state index in [0.717, 1.165) is 61.1 Å². The monoisotopic (exact) mass is 408 g/mol. The van der Waals surface area contributed by atoms with Gasteiger partial charge in [-0.05, 0) is 35.9 Å². The van der Waals surface area contributed by atoms with E-state index in [0.29, 0.717) is 25.3 Å². The molecule has 0 atom stereocenters. The summed E-state index contributed by atoms with van der Waals surface area (Å²) in [6, 6.07) is 9.86. The van der Waals surface area contributed by atoms with Gasteiger partial charge in [-0.25, -0.2) is 4.79 Å². The number of amides is 2. The van der Waals surface area contributed by atoms with Gasteiger partial charge in [0, 0.05) is 48.8 Å². The standard InChI is InChI=1S/C22H24N4O4/c27-21-19(12-16-2-3-17(23-16)14-25-5-8-29-9-6-25)18-11-15(1-4-20(18)24-21)13-26-7-10-30-22(26)28/h1-4,11-12,23H,5-10,13-14H2,(H,24,27)/b19-12+. The first-order chi connectivity index (χ1) is 14.7. The second kappa shape index (κ2) is 7.97. The third kappa shape index (κ3) is 3.83. The maximum atomic E-state index is 12.6. The number of hydrogen-bond donors (Lipinski definition) is 2.